The van der Waals surface area contributed by atoms with Crippen LogP contribution in [0.15, 0.2) is 0 Å². The lowest BCUT2D eigenvalue weighted by Crippen LogP contribution is -2.51. The Bertz CT molecular complexity index is 334. The van der Waals surface area contributed by atoms with Crippen molar-refractivity contribution in [3.05, 3.63) is 0 Å². The summed E-state index contributed by atoms with van der Waals surface area (Å²) in [5.74, 6) is -2.11. The second-order valence-electron chi connectivity index (χ2n) is 4.78. The lowest BCUT2D eigenvalue weighted by molar-refractivity contribution is -0.137. The number of carbonyl (C=O) groups excluding carboxylic acids is 2. The first-order valence-electron chi connectivity index (χ1n) is 6.93. The van der Waals surface area contributed by atoms with Gasteiger partial charge in [-0.05, 0) is 26.3 Å². The van der Waals surface area contributed by atoms with Crippen molar-refractivity contribution in [1.82, 2.24) is 10.6 Å². The van der Waals surface area contributed by atoms with Crippen molar-refractivity contribution in [3.63, 3.8) is 0 Å². The van der Waals surface area contributed by atoms with Gasteiger partial charge in [-0.1, -0.05) is 19.8 Å². The topological polar surface area (TPSA) is 122 Å². The molecule has 0 aliphatic carbocycles. The molecule has 0 radical (unpaired) electrons. The zero-order valence-electron chi connectivity index (χ0n) is 12.1. The van der Waals surface area contributed by atoms with Crippen LogP contribution in [-0.4, -0.2) is 41.5 Å². The van der Waals surface area contributed by atoms with Crippen LogP contribution < -0.4 is 16.4 Å². The average molecular weight is 287 g/mol. The van der Waals surface area contributed by atoms with Crippen LogP contribution in [-0.2, 0) is 14.4 Å². The van der Waals surface area contributed by atoms with Crippen molar-refractivity contribution in [2.45, 2.75) is 58.0 Å². The van der Waals surface area contributed by atoms with Gasteiger partial charge in [0.1, 0.15) is 6.04 Å². The molecule has 0 saturated carbocycles. The highest BCUT2D eigenvalue weighted by Crippen LogP contribution is 1.98. The van der Waals surface area contributed by atoms with Gasteiger partial charge in [-0.15, -0.1) is 0 Å². The minimum atomic E-state index is -1.03. The summed E-state index contributed by atoms with van der Waals surface area (Å²) < 4.78 is 0. The Morgan fingerprint density at radius 2 is 1.90 bits per heavy atom. The van der Waals surface area contributed by atoms with Crippen molar-refractivity contribution in [3.8, 4) is 0 Å². The van der Waals surface area contributed by atoms with E-state index in [4.69, 9.17) is 10.8 Å². The monoisotopic (exact) mass is 287 g/mol. The zero-order valence-corrected chi connectivity index (χ0v) is 12.1. The summed E-state index contributed by atoms with van der Waals surface area (Å²) in [5, 5.41) is 14.1. The van der Waals surface area contributed by atoms with Crippen LogP contribution in [0, 0.1) is 0 Å². The molecule has 7 nitrogen and oxygen atoms in total. The first-order chi connectivity index (χ1) is 9.38. The molecule has 2 amide bonds. The van der Waals surface area contributed by atoms with E-state index in [-0.39, 0.29) is 18.7 Å². The van der Waals surface area contributed by atoms with E-state index in [2.05, 4.69) is 17.6 Å². The maximum absolute atomic E-state index is 11.8. The molecule has 116 valence electrons. The highest BCUT2D eigenvalue weighted by Gasteiger charge is 2.21. The smallest absolute Gasteiger partial charge is 0.303 e. The third-order valence-electron chi connectivity index (χ3n) is 2.93. The van der Waals surface area contributed by atoms with Crippen LogP contribution in [0.5, 0.6) is 0 Å². The molecule has 0 fully saturated rings. The predicted molar refractivity (Wildman–Crippen MR) is 75.0 cm³/mol. The minimum absolute atomic E-state index is 0.00103. The Morgan fingerprint density at radius 3 is 2.40 bits per heavy atom. The lowest BCUT2D eigenvalue weighted by atomic mass is 10.1. The number of primary amides is 1. The Balaban J connectivity index is 4.16. The molecular formula is C13H25N3O4. The number of hydrogen-bond donors (Lipinski definition) is 4. The van der Waals surface area contributed by atoms with Gasteiger partial charge in [-0.3, -0.25) is 14.4 Å². The molecule has 0 heterocycles. The Morgan fingerprint density at radius 1 is 1.25 bits per heavy atom. The van der Waals surface area contributed by atoms with Gasteiger partial charge in [0.15, 0.2) is 0 Å². The van der Waals surface area contributed by atoms with Crippen LogP contribution in [0.25, 0.3) is 0 Å². The van der Waals surface area contributed by atoms with Crippen molar-refractivity contribution in [2.24, 2.45) is 5.73 Å². The van der Waals surface area contributed by atoms with Crippen molar-refractivity contribution in [2.75, 3.05) is 6.54 Å². The molecule has 0 rings (SSSR count). The fourth-order valence-corrected chi connectivity index (χ4v) is 1.64. The number of unbranched alkanes of at least 4 members (excludes halogenated alkanes) is 2. The molecule has 2 atom stereocenters. The van der Waals surface area contributed by atoms with Crippen LogP contribution in [0.1, 0.15) is 46.0 Å². The largest absolute Gasteiger partial charge is 0.481 e. The second-order valence-corrected chi connectivity index (χ2v) is 4.78. The predicted octanol–water partition coefficient (Wildman–Crippen LogP) is -0.0104. The third kappa shape index (κ3) is 8.47. The summed E-state index contributed by atoms with van der Waals surface area (Å²) in [7, 11) is 0. The van der Waals surface area contributed by atoms with E-state index in [1.165, 1.54) is 0 Å². The van der Waals surface area contributed by atoms with E-state index in [0.29, 0.717) is 0 Å². The fourth-order valence-electron chi connectivity index (χ4n) is 1.64. The molecule has 2 unspecified atom stereocenters. The van der Waals surface area contributed by atoms with E-state index >= 15 is 0 Å². The number of carbonyl (C=O) groups is 3. The highest BCUT2D eigenvalue weighted by atomic mass is 16.4. The zero-order chi connectivity index (χ0) is 15.5. The number of carboxylic acids is 1. The summed E-state index contributed by atoms with van der Waals surface area (Å²) >= 11 is 0. The third-order valence-corrected chi connectivity index (χ3v) is 2.93. The van der Waals surface area contributed by atoms with Gasteiger partial charge in [0, 0.05) is 6.42 Å². The van der Waals surface area contributed by atoms with E-state index < -0.39 is 24.0 Å². The molecule has 7 heteroatoms. The summed E-state index contributed by atoms with van der Waals surface area (Å²) in [4.78, 5) is 33.5. The van der Waals surface area contributed by atoms with Crippen LogP contribution in [0.2, 0.25) is 0 Å². The number of carboxylic acid groups (broad SMARTS) is 1. The van der Waals surface area contributed by atoms with Crippen molar-refractivity contribution in [1.29, 1.82) is 0 Å². The van der Waals surface area contributed by atoms with Crippen molar-refractivity contribution < 1.29 is 19.5 Å². The number of aliphatic carboxylic acids is 1. The van der Waals surface area contributed by atoms with Crippen molar-refractivity contribution >= 4 is 17.8 Å². The Labute approximate surface area is 119 Å². The summed E-state index contributed by atoms with van der Waals surface area (Å²) in [6.45, 7) is 4.51. The lowest BCUT2D eigenvalue weighted by Gasteiger charge is -2.18. The minimum Gasteiger partial charge on any atom is -0.481 e. The van der Waals surface area contributed by atoms with Gasteiger partial charge in [-0.25, -0.2) is 0 Å². The molecule has 0 aliphatic heterocycles. The number of nitrogens with one attached hydrogen (secondary N) is 2. The molecule has 20 heavy (non-hydrogen) atoms. The molecule has 0 saturated heterocycles. The second kappa shape index (κ2) is 10.2. The molecule has 0 aliphatic rings. The molecule has 0 spiro atoms. The number of hydrogen-bond acceptors (Lipinski definition) is 4. The van der Waals surface area contributed by atoms with Gasteiger partial charge >= 0.3 is 5.97 Å². The Hall–Kier alpha value is -1.63. The molecular weight excluding hydrogens is 262 g/mol. The molecule has 0 aromatic rings. The SMILES string of the molecule is CCCCCNC(C)C(=O)NC(CCC(=O)O)C(N)=O. The average Bonchev–Trinajstić information content (AvgIpc) is 2.38. The molecule has 0 bridgehead atoms. The van der Waals surface area contributed by atoms with E-state index in [9.17, 15) is 14.4 Å². The maximum Gasteiger partial charge on any atom is 0.303 e. The molecule has 0 aromatic heterocycles. The quantitative estimate of drug-likeness (QED) is 0.398. The Kier molecular flexibility index (Phi) is 9.36. The fraction of sp³-hybridized carbons (Fsp3) is 0.769. The van der Waals surface area contributed by atoms with E-state index in [0.717, 1.165) is 25.8 Å². The van der Waals surface area contributed by atoms with Gasteiger partial charge in [0.05, 0.1) is 6.04 Å². The normalized spacial score (nSPS) is 13.5. The standard InChI is InChI=1S/C13H25N3O4/c1-3-4-5-8-15-9(2)13(20)16-10(12(14)19)6-7-11(17)18/h9-10,15H,3-8H2,1-2H3,(H2,14,19)(H,16,20)(H,17,18). The number of nitrogens with two attached hydrogens (primary N) is 1. The molecule has 5 N–H and O–H groups in total. The number of amides is 2. The molecule has 0 aromatic carbocycles. The summed E-state index contributed by atoms with van der Waals surface area (Å²) in [6, 6.07) is -1.39. The highest BCUT2D eigenvalue weighted by molar-refractivity contribution is 5.89. The van der Waals surface area contributed by atoms with Crippen LogP contribution in [0.3, 0.4) is 0 Å². The first-order valence-corrected chi connectivity index (χ1v) is 6.93. The van der Waals surface area contributed by atoms with Crippen LogP contribution in [0.4, 0.5) is 0 Å². The number of rotatable bonds is 11. The van der Waals surface area contributed by atoms with Gasteiger partial charge in [0.25, 0.3) is 0 Å². The van der Waals surface area contributed by atoms with Crippen LogP contribution >= 0.6 is 0 Å². The summed E-state index contributed by atoms with van der Waals surface area (Å²) in [6.07, 6.45) is 2.95. The van der Waals surface area contributed by atoms with E-state index in [1.807, 2.05) is 0 Å². The first kappa shape index (κ1) is 18.4. The van der Waals surface area contributed by atoms with Gasteiger partial charge < -0.3 is 21.5 Å². The van der Waals surface area contributed by atoms with E-state index in [1.54, 1.807) is 6.92 Å². The van der Waals surface area contributed by atoms with Gasteiger partial charge in [0.2, 0.25) is 11.8 Å². The summed E-state index contributed by atoms with van der Waals surface area (Å²) in [5.41, 5.74) is 5.14. The van der Waals surface area contributed by atoms with Gasteiger partial charge in [-0.2, -0.15) is 0 Å². The maximum atomic E-state index is 11.8.